The predicted molar refractivity (Wildman–Crippen MR) is 50.3 cm³/mol. The Morgan fingerprint density at radius 1 is 0.882 bits per heavy atom. The molecule has 0 bridgehead atoms. The van der Waals surface area contributed by atoms with E-state index in [-0.39, 0.29) is 12.6 Å². The van der Waals surface area contributed by atoms with E-state index in [1.54, 1.807) is 0 Å². The lowest BCUT2D eigenvalue weighted by Gasteiger charge is -2.31. The maximum Gasteiger partial charge on any atom is 0.457 e. The van der Waals surface area contributed by atoms with Crippen molar-refractivity contribution < 1.29 is 26.3 Å². The highest BCUT2D eigenvalue weighted by molar-refractivity contribution is 5.41. The van der Waals surface area contributed by atoms with Gasteiger partial charge in [-0.05, 0) is 24.6 Å². The fraction of sp³-hybridized carbons (Fsp3) is 0.400. The van der Waals surface area contributed by atoms with Crippen LogP contribution < -0.4 is 5.73 Å². The van der Waals surface area contributed by atoms with Gasteiger partial charge in [-0.25, -0.2) is 4.39 Å². The molecule has 0 spiro atoms. The van der Waals surface area contributed by atoms with E-state index in [0.717, 1.165) is 24.3 Å². The Bertz CT molecular complexity index is 392. The summed E-state index contributed by atoms with van der Waals surface area (Å²) < 4.78 is 75.9. The van der Waals surface area contributed by atoms with E-state index in [4.69, 9.17) is 5.73 Å². The standard InChI is InChI=1S/C10H9F6N/c1-8(11,9(12,13)10(14,15)16)6-2-4-7(17)5-3-6/h2-5H,17H2,1H3. The Morgan fingerprint density at radius 2 is 1.29 bits per heavy atom. The second-order valence-corrected chi connectivity index (χ2v) is 3.70. The second-order valence-electron chi connectivity index (χ2n) is 3.70. The van der Waals surface area contributed by atoms with Gasteiger partial charge in [0, 0.05) is 5.69 Å². The van der Waals surface area contributed by atoms with Crippen LogP contribution in [0.3, 0.4) is 0 Å². The minimum Gasteiger partial charge on any atom is -0.399 e. The molecular formula is C10H9F6N. The SMILES string of the molecule is CC(F)(c1ccc(N)cc1)C(F)(F)C(F)(F)F. The molecule has 0 aliphatic rings. The lowest BCUT2D eigenvalue weighted by Crippen LogP contribution is -2.50. The van der Waals surface area contributed by atoms with E-state index in [1.165, 1.54) is 0 Å². The fourth-order valence-electron chi connectivity index (χ4n) is 1.24. The molecule has 0 heterocycles. The molecule has 1 atom stereocenters. The third-order valence-corrected chi connectivity index (χ3v) is 2.40. The van der Waals surface area contributed by atoms with Gasteiger partial charge in [-0.2, -0.15) is 22.0 Å². The average Bonchev–Trinajstić information content (AvgIpc) is 2.16. The van der Waals surface area contributed by atoms with Gasteiger partial charge in [0.25, 0.3) is 0 Å². The Kier molecular flexibility index (Phi) is 3.07. The van der Waals surface area contributed by atoms with Crippen LogP contribution in [0.4, 0.5) is 32.0 Å². The largest absolute Gasteiger partial charge is 0.457 e. The van der Waals surface area contributed by atoms with Crippen molar-refractivity contribution >= 4 is 5.69 Å². The highest BCUT2D eigenvalue weighted by Gasteiger charge is 2.69. The zero-order chi connectivity index (χ0) is 13.5. The van der Waals surface area contributed by atoms with Crippen LogP contribution in [-0.4, -0.2) is 12.1 Å². The van der Waals surface area contributed by atoms with Gasteiger partial charge >= 0.3 is 12.1 Å². The highest BCUT2D eigenvalue weighted by atomic mass is 19.4. The Hall–Kier alpha value is -1.40. The summed E-state index contributed by atoms with van der Waals surface area (Å²) in [6, 6.07) is 3.71. The molecule has 7 heteroatoms. The summed E-state index contributed by atoms with van der Waals surface area (Å²) in [6.07, 6.45) is -5.96. The first-order valence-corrected chi connectivity index (χ1v) is 4.49. The summed E-state index contributed by atoms with van der Waals surface area (Å²) in [5.41, 5.74) is 0.740. The third-order valence-electron chi connectivity index (χ3n) is 2.40. The number of rotatable bonds is 2. The van der Waals surface area contributed by atoms with Crippen LogP contribution in [0.2, 0.25) is 0 Å². The minimum atomic E-state index is -5.96. The predicted octanol–water partition coefficient (Wildman–Crippen LogP) is 3.65. The van der Waals surface area contributed by atoms with E-state index in [0.29, 0.717) is 0 Å². The first-order chi connectivity index (χ1) is 7.50. The molecule has 0 aliphatic heterocycles. The molecule has 1 nitrogen and oxygen atoms in total. The lowest BCUT2D eigenvalue weighted by atomic mass is 9.90. The summed E-state index contributed by atoms with van der Waals surface area (Å²) in [7, 11) is 0. The lowest BCUT2D eigenvalue weighted by molar-refractivity contribution is -0.327. The van der Waals surface area contributed by atoms with Crippen LogP contribution in [0.5, 0.6) is 0 Å². The molecule has 96 valence electrons. The van der Waals surface area contributed by atoms with Crippen molar-refractivity contribution in [3.63, 3.8) is 0 Å². The summed E-state index contributed by atoms with van der Waals surface area (Å²) >= 11 is 0. The number of benzene rings is 1. The molecule has 1 rings (SSSR count). The smallest absolute Gasteiger partial charge is 0.399 e. The van der Waals surface area contributed by atoms with Crippen LogP contribution in [-0.2, 0) is 5.67 Å². The van der Waals surface area contributed by atoms with Gasteiger partial charge in [0.05, 0.1) is 0 Å². The topological polar surface area (TPSA) is 26.0 Å². The molecule has 2 N–H and O–H groups in total. The summed E-state index contributed by atoms with van der Waals surface area (Å²) in [6.45, 7) is 0.187. The maximum atomic E-state index is 13.7. The van der Waals surface area contributed by atoms with E-state index in [1.807, 2.05) is 0 Å². The molecule has 0 radical (unpaired) electrons. The molecule has 0 aromatic heterocycles. The molecule has 17 heavy (non-hydrogen) atoms. The monoisotopic (exact) mass is 257 g/mol. The number of hydrogen-bond acceptors (Lipinski definition) is 1. The minimum absolute atomic E-state index is 0.139. The van der Waals surface area contributed by atoms with Gasteiger partial charge in [-0.1, -0.05) is 12.1 Å². The van der Waals surface area contributed by atoms with E-state index in [2.05, 4.69) is 0 Å². The summed E-state index contributed by atoms with van der Waals surface area (Å²) in [5.74, 6) is -5.48. The average molecular weight is 257 g/mol. The molecular weight excluding hydrogens is 248 g/mol. The van der Waals surface area contributed by atoms with Crippen molar-refractivity contribution in [1.82, 2.24) is 0 Å². The molecule has 1 unspecified atom stereocenters. The molecule has 0 amide bonds. The van der Waals surface area contributed by atoms with Crippen molar-refractivity contribution in [1.29, 1.82) is 0 Å². The molecule has 0 saturated carbocycles. The molecule has 0 aliphatic carbocycles. The van der Waals surface area contributed by atoms with Crippen LogP contribution in [0.15, 0.2) is 24.3 Å². The van der Waals surface area contributed by atoms with E-state index in [9.17, 15) is 26.3 Å². The highest BCUT2D eigenvalue weighted by Crippen LogP contribution is 2.50. The van der Waals surface area contributed by atoms with Crippen LogP contribution in [0.25, 0.3) is 0 Å². The summed E-state index contributed by atoms with van der Waals surface area (Å²) in [4.78, 5) is 0. The van der Waals surface area contributed by atoms with Crippen molar-refractivity contribution in [2.24, 2.45) is 0 Å². The van der Waals surface area contributed by atoms with Gasteiger partial charge in [0.1, 0.15) is 0 Å². The number of halogens is 6. The summed E-state index contributed by atoms with van der Waals surface area (Å²) in [5, 5.41) is 0. The van der Waals surface area contributed by atoms with Gasteiger partial charge < -0.3 is 5.73 Å². The van der Waals surface area contributed by atoms with Crippen LogP contribution in [0.1, 0.15) is 12.5 Å². The van der Waals surface area contributed by atoms with Gasteiger partial charge in [0.15, 0.2) is 0 Å². The Balaban J connectivity index is 3.23. The molecule has 0 fully saturated rings. The molecule has 0 saturated heterocycles. The molecule has 1 aromatic carbocycles. The number of hydrogen-bond donors (Lipinski definition) is 1. The van der Waals surface area contributed by atoms with Gasteiger partial charge in [-0.3, -0.25) is 0 Å². The second kappa shape index (κ2) is 3.82. The quantitative estimate of drug-likeness (QED) is 0.635. The van der Waals surface area contributed by atoms with Crippen LogP contribution >= 0.6 is 0 Å². The number of nitrogen functional groups attached to an aromatic ring is 1. The van der Waals surface area contributed by atoms with E-state index >= 15 is 0 Å². The number of nitrogens with two attached hydrogens (primary N) is 1. The van der Waals surface area contributed by atoms with Crippen molar-refractivity contribution in [2.45, 2.75) is 24.7 Å². The molecule has 1 aromatic rings. The Morgan fingerprint density at radius 3 is 1.65 bits per heavy atom. The number of alkyl halides is 6. The number of anilines is 1. The van der Waals surface area contributed by atoms with E-state index < -0.39 is 23.3 Å². The van der Waals surface area contributed by atoms with Crippen LogP contribution in [0, 0.1) is 0 Å². The van der Waals surface area contributed by atoms with Crippen molar-refractivity contribution in [3.8, 4) is 0 Å². The normalized spacial score (nSPS) is 16.6. The zero-order valence-corrected chi connectivity index (χ0v) is 8.65. The Labute approximate surface area is 93.2 Å². The van der Waals surface area contributed by atoms with Crippen molar-refractivity contribution in [3.05, 3.63) is 29.8 Å². The van der Waals surface area contributed by atoms with Crippen molar-refractivity contribution in [2.75, 3.05) is 5.73 Å². The zero-order valence-electron chi connectivity index (χ0n) is 8.65. The first-order valence-electron chi connectivity index (χ1n) is 4.49. The first kappa shape index (κ1) is 13.7. The maximum absolute atomic E-state index is 13.7. The van der Waals surface area contributed by atoms with Gasteiger partial charge in [0.2, 0.25) is 5.67 Å². The fourth-order valence-corrected chi connectivity index (χ4v) is 1.24. The van der Waals surface area contributed by atoms with Gasteiger partial charge in [-0.15, -0.1) is 0 Å². The third kappa shape index (κ3) is 2.18.